The maximum Gasteiger partial charge on any atom is 0.122 e. The van der Waals surface area contributed by atoms with Crippen LogP contribution >= 0.6 is 0 Å². The molecule has 112 valence electrons. The van der Waals surface area contributed by atoms with Crippen LogP contribution < -0.4 is 14.8 Å². The Morgan fingerprint density at radius 3 is 2.67 bits per heavy atom. The monoisotopic (exact) mass is 285 g/mol. The van der Waals surface area contributed by atoms with Gasteiger partial charge in [-0.15, -0.1) is 0 Å². The summed E-state index contributed by atoms with van der Waals surface area (Å²) >= 11 is 0. The SMILES string of the molecule is COc1cccc(NCC(C)Oc2cc(C)ccc2C)c1. The van der Waals surface area contributed by atoms with Crippen LogP contribution in [-0.2, 0) is 0 Å². The summed E-state index contributed by atoms with van der Waals surface area (Å²) in [4.78, 5) is 0. The van der Waals surface area contributed by atoms with Crippen molar-refractivity contribution in [1.29, 1.82) is 0 Å². The van der Waals surface area contributed by atoms with Crippen molar-refractivity contribution < 1.29 is 9.47 Å². The molecule has 0 amide bonds. The van der Waals surface area contributed by atoms with Gasteiger partial charge >= 0.3 is 0 Å². The Kier molecular flexibility index (Phi) is 5.09. The van der Waals surface area contributed by atoms with Gasteiger partial charge in [-0.25, -0.2) is 0 Å². The fourth-order valence-corrected chi connectivity index (χ4v) is 2.09. The van der Waals surface area contributed by atoms with Crippen LogP contribution in [0.1, 0.15) is 18.1 Å². The van der Waals surface area contributed by atoms with Crippen LogP contribution in [-0.4, -0.2) is 19.8 Å². The lowest BCUT2D eigenvalue weighted by Crippen LogP contribution is -2.23. The molecule has 0 spiro atoms. The molecule has 3 heteroatoms. The molecular weight excluding hydrogens is 262 g/mol. The second kappa shape index (κ2) is 7.02. The molecule has 0 radical (unpaired) electrons. The van der Waals surface area contributed by atoms with Crippen LogP contribution in [0.5, 0.6) is 11.5 Å². The van der Waals surface area contributed by atoms with Gasteiger partial charge in [-0.05, 0) is 50.1 Å². The number of aryl methyl sites for hydroxylation is 2. The lowest BCUT2D eigenvalue weighted by Gasteiger charge is -2.18. The van der Waals surface area contributed by atoms with Crippen molar-refractivity contribution >= 4 is 5.69 Å². The van der Waals surface area contributed by atoms with E-state index in [4.69, 9.17) is 9.47 Å². The van der Waals surface area contributed by atoms with E-state index in [-0.39, 0.29) is 6.10 Å². The second-order valence-electron chi connectivity index (χ2n) is 5.31. The topological polar surface area (TPSA) is 30.5 Å². The van der Waals surface area contributed by atoms with E-state index in [1.807, 2.05) is 24.3 Å². The molecular formula is C18H23NO2. The summed E-state index contributed by atoms with van der Waals surface area (Å²) < 4.78 is 11.2. The van der Waals surface area contributed by atoms with Crippen molar-refractivity contribution in [3.05, 3.63) is 53.6 Å². The third-order valence-electron chi connectivity index (χ3n) is 3.34. The normalized spacial score (nSPS) is 11.8. The van der Waals surface area contributed by atoms with Crippen molar-refractivity contribution in [2.45, 2.75) is 26.9 Å². The fraction of sp³-hybridized carbons (Fsp3) is 0.333. The minimum atomic E-state index is 0.0803. The highest BCUT2D eigenvalue weighted by Crippen LogP contribution is 2.21. The van der Waals surface area contributed by atoms with Crippen molar-refractivity contribution in [1.82, 2.24) is 0 Å². The molecule has 0 aliphatic carbocycles. The number of methoxy groups -OCH3 is 1. The summed E-state index contributed by atoms with van der Waals surface area (Å²) in [6.07, 6.45) is 0.0803. The third-order valence-corrected chi connectivity index (χ3v) is 3.34. The van der Waals surface area contributed by atoms with Crippen molar-refractivity contribution in [2.24, 2.45) is 0 Å². The van der Waals surface area contributed by atoms with Crippen LogP contribution in [0.15, 0.2) is 42.5 Å². The van der Waals surface area contributed by atoms with Gasteiger partial charge in [0.2, 0.25) is 0 Å². The number of ether oxygens (including phenoxy) is 2. The maximum absolute atomic E-state index is 6.01. The zero-order chi connectivity index (χ0) is 15.2. The zero-order valence-electron chi connectivity index (χ0n) is 13.1. The molecule has 0 aliphatic heterocycles. The summed E-state index contributed by atoms with van der Waals surface area (Å²) in [5.74, 6) is 1.80. The minimum absolute atomic E-state index is 0.0803. The van der Waals surface area contributed by atoms with E-state index in [0.717, 1.165) is 29.3 Å². The van der Waals surface area contributed by atoms with E-state index in [9.17, 15) is 0 Å². The molecule has 0 heterocycles. The summed E-state index contributed by atoms with van der Waals surface area (Å²) in [5.41, 5.74) is 3.41. The van der Waals surface area contributed by atoms with Gasteiger partial charge < -0.3 is 14.8 Å². The molecule has 0 saturated carbocycles. The van der Waals surface area contributed by atoms with Gasteiger partial charge in [0, 0.05) is 11.8 Å². The Labute approximate surface area is 126 Å². The van der Waals surface area contributed by atoms with Gasteiger partial charge in [-0.1, -0.05) is 18.2 Å². The highest BCUT2D eigenvalue weighted by molar-refractivity contribution is 5.48. The largest absolute Gasteiger partial charge is 0.497 e. The molecule has 1 unspecified atom stereocenters. The van der Waals surface area contributed by atoms with Gasteiger partial charge in [0.1, 0.15) is 17.6 Å². The Balaban J connectivity index is 1.92. The molecule has 0 bridgehead atoms. The molecule has 21 heavy (non-hydrogen) atoms. The highest BCUT2D eigenvalue weighted by atomic mass is 16.5. The molecule has 0 aromatic heterocycles. The van der Waals surface area contributed by atoms with Gasteiger partial charge in [0.25, 0.3) is 0 Å². The van der Waals surface area contributed by atoms with Crippen molar-refractivity contribution in [2.75, 3.05) is 19.0 Å². The van der Waals surface area contributed by atoms with Gasteiger partial charge in [0.05, 0.1) is 13.7 Å². The Morgan fingerprint density at radius 2 is 1.90 bits per heavy atom. The summed E-state index contributed by atoms with van der Waals surface area (Å²) in [6.45, 7) is 6.94. The first-order valence-corrected chi connectivity index (χ1v) is 7.20. The molecule has 2 rings (SSSR count). The Morgan fingerprint density at radius 1 is 1.10 bits per heavy atom. The van der Waals surface area contributed by atoms with E-state index in [1.54, 1.807) is 7.11 Å². The van der Waals surface area contributed by atoms with Crippen LogP contribution in [0.3, 0.4) is 0 Å². The average molecular weight is 285 g/mol. The minimum Gasteiger partial charge on any atom is -0.497 e. The maximum atomic E-state index is 6.01. The molecule has 3 nitrogen and oxygen atoms in total. The fourth-order valence-electron chi connectivity index (χ4n) is 2.09. The summed E-state index contributed by atoms with van der Waals surface area (Å²) in [6, 6.07) is 14.2. The van der Waals surface area contributed by atoms with Gasteiger partial charge in [-0.2, -0.15) is 0 Å². The number of anilines is 1. The number of nitrogens with one attached hydrogen (secondary N) is 1. The molecule has 1 atom stereocenters. The number of rotatable bonds is 6. The molecule has 0 fully saturated rings. The predicted octanol–water partition coefficient (Wildman–Crippen LogP) is 4.19. The third kappa shape index (κ3) is 4.42. The lowest BCUT2D eigenvalue weighted by atomic mass is 10.1. The molecule has 2 aromatic rings. The van der Waals surface area contributed by atoms with Crippen molar-refractivity contribution in [3.8, 4) is 11.5 Å². The number of benzene rings is 2. The predicted molar refractivity (Wildman–Crippen MR) is 87.5 cm³/mol. The van der Waals surface area contributed by atoms with E-state index in [1.165, 1.54) is 5.56 Å². The zero-order valence-corrected chi connectivity index (χ0v) is 13.1. The molecule has 2 aromatic carbocycles. The first kappa shape index (κ1) is 15.2. The number of hydrogen-bond donors (Lipinski definition) is 1. The average Bonchev–Trinajstić information content (AvgIpc) is 2.49. The quantitative estimate of drug-likeness (QED) is 0.863. The van der Waals surface area contributed by atoms with E-state index in [2.05, 4.69) is 44.3 Å². The standard InChI is InChI=1S/C18H23NO2/c1-13-8-9-14(2)18(10-13)21-15(3)12-19-16-6-5-7-17(11-16)20-4/h5-11,15,19H,12H2,1-4H3. The van der Waals surface area contributed by atoms with Crippen LogP contribution in [0.4, 0.5) is 5.69 Å². The van der Waals surface area contributed by atoms with Gasteiger partial charge in [0.15, 0.2) is 0 Å². The molecule has 0 saturated heterocycles. The van der Waals surface area contributed by atoms with E-state index in [0.29, 0.717) is 0 Å². The van der Waals surface area contributed by atoms with Gasteiger partial charge in [-0.3, -0.25) is 0 Å². The smallest absolute Gasteiger partial charge is 0.122 e. The second-order valence-corrected chi connectivity index (χ2v) is 5.31. The first-order chi connectivity index (χ1) is 10.1. The van der Waals surface area contributed by atoms with Crippen LogP contribution in [0.25, 0.3) is 0 Å². The summed E-state index contributed by atoms with van der Waals surface area (Å²) in [7, 11) is 1.67. The molecule has 0 aliphatic rings. The highest BCUT2D eigenvalue weighted by Gasteiger charge is 2.07. The van der Waals surface area contributed by atoms with Crippen LogP contribution in [0, 0.1) is 13.8 Å². The van der Waals surface area contributed by atoms with Crippen molar-refractivity contribution in [3.63, 3.8) is 0 Å². The molecule has 1 N–H and O–H groups in total. The summed E-state index contributed by atoms with van der Waals surface area (Å²) in [5, 5.41) is 3.37. The Bertz CT molecular complexity index is 596. The van der Waals surface area contributed by atoms with E-state index >= 15 is 0 Å². The number of hydrogen-bond acceptors (Lipinski definition) is 3. The lowest BCUT2D eigenvalue weighted by molar-refractivity contribution is 0.233. The van der Waals surface area contributed by atoms with E-state index < -0.39 is 0 Å². The van der Waals surface area contributed by atoms with Crippen LogP contribution in [0.2, 0.25) is 0 Å². The first-order valence-electron chi connectivity index (χ1n) is 7.20. The Hall–Kier alpha value is -2.16.